The molecule has 0 aliphatic carbocycles. The molecule has 0 aliphatic heterocycles. The van der Waals surface area contributed by atoms with Gasteiger partial charge in [0.25, 0.3) is 0 Å². The SMILES string of the molecule is [2H]c1c([2H])c([2H])c(-c2cc(-c3c4ccccc4c(-c4c([2H])c([2H])c5oc6c7c([2H])c([2H])c([2H])c([2H])c7c([2H])c([2H])c6c5c4[2H])c4ccccc34)c3ccccc3c2)c([2H])c1[2H]. The van der Waals surface area contributed by atoms with Crippen LogP contribution in [0.25, 0.3) is 98.4 Å². The third-order valence-electron chi connectivity index (χ3n) is 8.79. The van der Waals surface area contributed by atoms with E-state index in [1.807, 2.05) is 84.9 Å². The van der Waals surface area contributed by atoms with Crippen LogP contribution in [0.2, 0.25) is 0 Å². The standard InChI is InChI=1S/C46H28O/c1-2-12-29(13-3-1)33-26-31-15-5-6-16-34(31)42(28-33)45-38-20-10-8-18-36(38)44(37-19-9-11-21-39(37)45)32-23-25-43-41(27-32)40-24-22-30-14-4-7-17-35(30)46(40)47-43/h1-28H/i1D,2D,3D,4D,7D,12D,13D,14D,17D,22D,23D,24D,25D,27D. The van der Waals surface area contributed by atoms with Crippen LogP contribution in [0, 0.1) is 0 Å². The third kappa shape index (κ3) is 3.97. The second kappa shape index (κ2) is 10.2. The number of benzene rings is 9. The fourth-order valence-corrected chi connectivity index (χ4v) is 6.78. The third-order valence-corrected chi connectivity index (χ3v) is 8.79. The molecule has 0 radical (unpaired) electrons. The minimum atomic E-state index is -0.574. The number of hydrogen-bond donors (Lipinski definition) is 0. The maximum atomic E-state index is 9.81. The molecule has 0 N–H and O–H groups in total. The molecule has 0 spiro atoms. The predicted molar refractivity (Wildman–Crippen MR) is 200 cm³/mol. The fraction of sp³-hybridized carbons (Fsp3) is 0. The minimum Gasteiger partial charge on any atom is -0.455 e. The van der Waals surface area contributed by atoms with E-state index in [4.69, 9.17) is 19.5 Å². The van der Waals surface area contributed by atoms with Crippen molar-refractivity contribution in [3.05, 3.63) is 170 Å². The molecule has 10 aromatic rings. The molecule has 9 aromatic carbocycles. The summed E-state index contributed by atoms with van der Waals surface area (Å²) in [5.74, 6) is 0. The lowest BCUT2D eigenvalue weighted by Gasteiger charge is -2.19. The van der Waals surface area contributed by atoms with Gasteiger partial charge in [0, 0.05) is 16.2 Å². The molecule has 0 saturated heterocycles. The monoisotopic (exact) mass is 610 g/mol. The van der Waals surface area contributed by atoms with Crippen LogP contribution in [0.4, 0.5) is 0 Å². The summed E-state index contributed by atoms with van der Waals surface area (Å²) < 4.78 is 129. The van der Waals surface area contributed by atoms with Gasteiger partial charge in [-0.05, 0) is 101 Å². The number of rotatable bonds is 3. The van der Waals surface area contributed by atoms with Crippen LogP contribution in [0.3, 0.4) is 0 Å². The van der Waals surface area contributed by atoms with Crippen molar-refractivity contribution in [2.24, 2.45) is 0 Å². The van der Waals surface area contributed by atoms with Gasteiger partial charge in [0.1, 0.15) is 11.2 Å². The van der Waals surface area contributed by atoms with E-state index in [1.165, 1.54) is 0 Å². The van der Waals surface area contributed by atoms with E-state index in [-0.39, 0.29) is 68.0 Å². The van der Waals surface area contributed by atoms with Gasteiger partial charge in [-0.15, -0.1) is 0 Å². The van der Waals surface area contributed by atoms with E-state index >= 15 is 0 Å². The average molecular weight is 611 g/mol. The van der Waals surface area contributed by atoms with Crippen LogP contribution < -0.4 is 0 Å². The largest absolute Gasteiger partial charge is 0.455 e. The Labute approximate surface area is 291 Å². The van der Waals surface area contributed by atoms with Crippen molar-refractivity contribution in [3.63, 3.8) is 0 Å². The molecule has 0 saturated carbocycles. The van der Waals surface area contributed by atoms with Gasteiger partial charge >= 0.3 is 0 Å². The van der Waals surface area contributed by atoms with E-state index in [0.29, 0.717) is 38.2 Å². The molecule has 0 fully saturated rings. The van der Waals surface area contributed by atoms with Gasteiger partial charge in [0.15, 0.2) is 0 Å². The topological polar surface area (TPSA) is 13.1 Å². The summed E-state index contributed by atoms with van der Waals surface area (Å²) in [7, 11) is 0. The molecule has 0 atom stereocenters. The van der Waals surface area contributed by atoms with Gasteiger partial charge in [-0.1, -0.05) is 139 Å². The molecule has 1 heteroatoms. The predicted octanol–water partition coefficient (Wildman–Crippen LogP) is 13.2. The minimum absolute atomic E-state index is 0.0339. The maximum Gasteiger partial charge on any atom is 0.143 e. The first-order valence-electron chi connectivity index (χ1n) is 22.0. The number of fused-ring (bicyclic) bond motifs is 8. The Bertz CT molecular complexity index is 3560. The van der Waals surface area contributed by atoms with Crippen molar-refractivity contribution >= 4 is 65.0 Å². The lowest BCUT2D eigenvalue weighted by molar-refractivity contribution is 0.672. The summed E-state index contributed by atoms with van der Waals surface area (Å²) in [5, 5.41) is 3.70. The molecule has 0 bridgehead atoms. The highest BCUT2D eigenvalue weighted by Gasteiger charge is 2.20. The Morgan fingerprint density at radius 3 is 1.83 bits per heavy atom. The highest BCUT2D eigenvalue weighted by Crippen LogP contribution is 2.47. The van der Waals surface area contributed by atoms with Gasteiger partial charge in [0.2, 0.25) is 0 Å². The van der Waals surface area contributed by atoms with E-state index in [2.05, 4.69) is 0 Å². The van der Waals surface area contributed by atoms with Crippen molar-refractivity contribution in [1.29, 1.82) is 0 Å². The van der Waals surface area contributed by atoms with Gasteiger partial charge in [-0.25, -0.2) is 0 Å². The van der Waals surface area contributed by atoms with Crippen LogP contribution in [0.5, 0.6) is 0 Å². The summed E-state index contributed by atoms with van der Waals surface area (Å²) >= 11 is 0. The molecule has 218 valence electrons. The molecule has 0 amide bonds. The Hall–Kier alpha value is -6.18. The Kier molecular flexibility index (Phi) is 3.44. The summed E-state index contributed by atoms with van der Waals surface area (Å²) in [4.78, 5) is 0. The lowest BCUT2D eigenvalue weighted by Crippen LogP contribution is -1.92. The van der Waals surface area contributed by atoms with Crippen LogP contribution in [0.1, 0.15) is 19.2 Å². The zero-order valence-corrected chi connectivity index (χ0v) is 24.5. The molecular weight excluding hydrogens is 569 g/mol. The first-order valence-corrected chi connectivity index (χ1v) is 15.0. The smallest absolute Gasteiger partial charge is 0.143 e. The van der Waals surface area contributed by atoms with Crippen molar-refractivity contribution in [2.45, 2.75) is 0 Å². The zero-order chi connectivity index (χ0) is 43.1. The van der Waals surface area contributed by atoms with E-state index in [9.17, 15) is 4.11 Å². The van der Waals surface area contributed by atoms with Crippen LogP contribution in [-0.4, -0.2) is 0 Å². The zero-order valence-electron chi connectivity index (χ0n) is 38.5. The van der Waals surface area contributed by atoms with Gasteiger partial charge in [-0.3, -0.25) is 0 Å². The normalized spacial score (nSPS) is 16.0. The first kappa shape index (κ1) is 15.9. The van der Waals surface area contributed by atoms with E-state index < -0.39 is 60.4 Å². The Morgan fingerprint density at radius 1 is 0.404 bits per heavy atom. The van der Waals surface area contributed by atoms with Crippen LogP contribution in [-0.2, 0) is 0 Å². The van der Waals surface area contributed by atoms with Crippen LogP contribution >= 0.6 is 0 Å². The fourth-order valence-electron chi connectivity index (χ4n) is 6.78. The van der Waals surface area contributed by atoms with E-state index in [1.54, 1.807) is 0 Å². The summed E-state index contributed by atoms with van der Waals surface area (Å²) in [6.45, 7) is 0. The highest BCUT2D eigenvalue weighted by atomic mass is 16.3. The van der Waals surface area contributed by atoms with Gasteiger partial charge in [-0.2, -0.15) is 0 Å². The molecule has 0 aliphatic rings. The molecule has 1 heterocycles. The number of hydrogen-bond acceptors (Lipinski definition) is 1. The summed E-state index contributed by atoms with van der Waals surface area (Å²) in [6, 6.07) is 19.9. The van der Waals surface area contributed by atoms with Crippen molar-refractivity contribution in [2.75, 3.05) is 0 Å². The van der Waals surface area contributed by atoms with Crippen molar-refractivity contribution in [1.82, 2.24) is 0 Å². The molecule has 47 heavy (non-hydrogen) atoms. The molecule has 10 rings (SSSR count). The highest BCUT2D eigenvalue weighted by molar-refractivity contribution is 6.24. The lowest BCUT2D eigenvalue weighted by atomic mass is 9.83. The summed E-state index contributed by atoms with van der Waals surface area (Å²) in [6.07, 6.45) is 0. The van der Waals surface area contributed by atoms with Gasteiger partial charge < -0.3 is 4.42 Å². The van der Waals surface area contributed by atoms with Gasteiger partial charge in [0.05, 0.1) is 19.2 Å². The molecule has 1 nitrogen and oxygen atoms in total. The molecule has 1 aromatic heterocycles. The van der Waals surface area contributed by atoms with E-state index in [0.717, 1.165) is 16.3 Å². The number of furan rings is 1. The molecular formula is C46H28O. The second-order valence-corrected chi connectivity index (χ2v) is 11.3. The Balaban J connectivity index is 1.35. The quantitative estimate of drug-likeness (QED) is 0.181. The van der Waals surface area contributed by atoms with Crippen LogP contribution in [0.15, 0.2) is 174 Å². The average Bonchev–Trinajstić information content (AvgIpc) is 3.67. The second-order valence-electron chi connectivity index (χ2n) is 11.3. The Morgan fingerprint density at radius 2 is 1.06 bits per heavy atom. The summed E-state index contributed by atoms with van der Waals surface area (Å²) in [5.41, 5.74) is 2.02. The maximum absolute atomic E-state index is 9.81. The first-order chi connectivity index (χ1) is 29.1. The van der Waals surface area contributed by atoms with Crippen molar-refractivity contribution in [3.8, 4) is 33.4 Å². The van der Waals surface area contributed by atoms with Crippen molar-refractivity contribution < 1.29 is 23.6 Å². The molecule has 0 unspecified atom stereocenters.